The third-order valence-corrected chi connectivity index (χ3v) is 3.52. The second-order valence-electron chi connectivity index (χ2n) is 5.61. The number of benzene rings is 1. The second-order valence-corrected chi connectivity index (χ2v) is 5.61. The summed E-state index contributed by atoms with van der Waals surface area (Å²) in [4.78, 5) is 0.717. The highest BCUT2D eigenvalue weighted by Crippen LogP contribution is 2.35. The summed E-state index contributed by atoms with van der Waals surface area (Å²) in [6.45, 7) is -0.135. The number of furan rings is 1. The molecule has 0 aliphatic carbocycles. The molecule has 0 unspecified atom stereocenters. The molecular formula is C18H14F6N2O. The molecule has 0 bridgehead atoms. The van der Waals surface area contributed by atoms with E-state index in [0.717, 1.165) is 12.1 Å². The summed E-state index contributed by atoms with van der Waals surface area (Å²) in [7, 11) is 0. The highest BCUT2D eigenvalue weighted by atomic mass is 19.4. The van der Waals surface area contributed by atoms with Crippen molar-refractivity contribution in [1.29, 1.82) is 5.26 Å². The third kappa shape index (κ3) is 5.54. The fraction of sp³-hybridized carbons (Fsp3) is 0.278. The number of hydrogen-bond donors (Lipinski definition) is 0. The van der Waals surface area contributed by atoms with Gasteiger partial charge in [-0.15, -0.1) is 0 Å². The van der Waals surface area contributed by atoms with Gasteiger partial charge < -0.3 is 9.32 Å². The van der Waals surface area contributed by atoms with Crippen molar-refractivity contribution in [3.63, 3.8) is 0 Å². The quantitative estimate of drug-likeness (QED) is 0.611. The van der Waals surface area contributed by atoms with Crippen molar-refractivity contribution in [1.82, 2.24) is 0 Å². The number of anilines is 1. The molecule has 0 amide bonds. The monoisotopic (exact) mass is 388 g/mol. The topological polar surface area (TPSA) is 40.2 Å². The Labute approximate surface area is 151 Å². The molecular weight excluding hydrogens is 374 g/mol. The first-order chi connectivity index (χ1) is 12.5. The minimum atomic E-state index is -4.87. The van der Waals surface area contributed by atoms with Crippen LogP contribution in [0.4, 0.5) is 32.0 Å². The largest absolute Gasteiger partial charge is 0.460 e. The number of allylic oxidation sites excluding steroid dienone is 1. The van der Waals surface area contributed by atoms with Crippen LogP contribution in [-0.2, 0) is 12.7 Å². The molecule has 0 fully saturated rings. The van der Waals surface area contributed by atoms with Gasteiger partial charge in [-0.05, 0) is 43.3 Å². The summed E-state index contributed by atoms with van der Waals surface area (Å²) >= 11 is 0. The van der Waals surface area contributed by atoms with Gasteiger partial charge in [0.25, 0.3) is 0 Å². The second kappa shape index (κ2) is 7.78. The smallest absolute Gasteiger partial charge is 0.417 e. The molecule has 2 rings (SSSR count). The highest BCUT2D eigenvalue weighted by Gasteiger charge is 2.36. The first-order valence-corrected chi connectivity index (χ1v) is 7.68. The molecule has 0 spiro atoms. The van der Waals surface area contributed by atoms with Gasteiger partial charge in [0.2, 0.25) is 0 Å². The van der Waals surface area contributed by atoms with E-state index in [-0.39, 0.29) is 18.0 Å². The molecule has 0 radical (unpaired) electrons. The summed E-state index contributed by atoms with van der Waals surface area (Å²) in [6.07, 6.45) is -6.24. The minimum Gasteiger partial charge on any atom is -0.460 e. The van der Waals surface area contributed by atoms with E-state index in [1.165, 1.54) is 12.1 Å². The van der Waals surface area contributed by atoms with Crippen molar-refractivity contribution in [2.75, 3.05) is 11.4 Å². The van der Waals surface area contributed by atoms with Crippen LogP contribution >= 0.6 is 0 Å². The number of alkyl halides is 6. The Bertz CT molecular complexity index is 858. The van der Waals surface area contributed by atoms with Crippen LogP contribution in [0.3, 0.4) is 0 Å². The van der Waals surface area contributed by atoms with Crippen LogP contribution in [0.1, 0.15) is 29.6 Å². The van der Waals surface area contributed by atoms with Crippen LogP contribution in [0.25, 0.3) is 6.08 Å². The van der Waals surface area contributed by atoms with Crippen molar-refractivity contribution in [2.24, 2.45) is 0 Å². The first-order valence-electron chi connectivity index (χ1n) is 7.68. The molecule has 0 aliphatic rings. The minimum absolute atomic E-state index is 0.158. The summed E-state index contributed by atoms with van der Waals surface area (Å²) < 4.78 is 83.5. The van der Waals surface area contributed by atoms with Crippen LogP contribution in [0.5, 0.6) is 0 Å². The number of hydrogen-bond acceptors (Lipinski definition) is 3. The fourth-order valence-corrected chi connectivity index (χ4v) is 2.44. The van der Waals surface area contributed by atoms with Crippen LogP contribution in [-0.4, -0.2) is 12.7 Å². The molecule has 0 aliphatic heterocycles. The number of nitriles is 1. The Balaban J connectivity index is 2.43. The molecule has 0 saturated carbocycles. The van der Waals surface area contributed by atoms with Gasteiger partial charge in [-0.1, -0.05) is 6.08 Å². The maximum Gasteiger partial charge on any atom is 0.417 e. The first kappa shape index (κ1) is 20.4. The summed E-state index contributed by atoms with van der Waals surface area (Å²) in [5.41, 5.74) is -2.27. The van der Waals surface area contributed by atoms with E-state index >= 15 is 0 Å². The van der Waals surface area contributed by atoms with Gasteiger partial charge in [0.05, 0.1) is 23.7 Å². The molecule has 1 aromatic heterocycles. The van der Waals surface area contributed by atoms with E-state index in [2.05, 4.69) is 0 Å². The predicted molar refractivity (Wildman–Crippen MR) is 86.7 cm³/mol. The molecule has 3 nitrogen and oxygen atoms in total. The van der Waals surface area contributed by atoms with Gasteiger partial charge >= 0.3 is 12.4 Å². The standard InChI is InChI=1S/C18H14F6N2O/c1-2-3-14-6-7-15(27-14)10-26(11-17(19,20)21)13-5-4-12(9-25)16(8-13)18(22,23)24/h2-8H,10-11H2,1H3/b3-2+. The van der Waals surface area contributed by atoms with E-state index in [1.807, 2.05) is 0 Å². The van der Waals surface area contributed by atoms with E-state index in [4.69, 9.17) is 9.68 Å². The number of halogens is 6. The van der Waals surface area contributed by atoms with Gasteiger partial charge in [0, 0.05) is 5.69 Å². The maximum absolute atomic E-state index is 13.1. The van der Waals surface area contributed by atoms with E-state index in [0.29, 0.717) is 16.7 Å². The van der Waals surface area contributed by atoms with Crippen molar-refractivity contribution >= 4 is 11.8 Å². The van der Waals surface area contributed by atoms with E-state index < -0.39 is 30.0 Å². The fourth-order valence-electron chi connectivity index (χ4n) is 2.44. The van der Waals surface area contributed by atoms with Crippen molar-refractivity contribution in [3.05, 3.63) is 59.1 Å². The number of nitrogens with zero attached hydrogens (tertiary/aromatic N) is 2. The van der Waals surface area contributed by atoms with Crippen LogP contribution in [0.15, 0.2) is 40.8 Å². The number of rotatable bonds is 5. The molecule has 0 N–H and O–H groups in total. The Morgan fingerprint density at radius 2 is 1.81 bits per heavy atom. The van der Waals surface area contributed by atoms with E-state index in [9.17, 15) is 26.3 Å². The zero-order valence-corrected chi connectivity index (χ0v) is 14.0. The summed E-state index contributed by atoms with van der Waals surface area (Å²) in [5.74, 6) is 0.570. The normalized spacial score (nSPS) is 12.4. The third-order valence-electron chi connectivity index (χ3n) is 3.52. The average Bonchev–Trinajstić information content (AvgIpc) is 2.99. The van der Waals surface area contributed by atoms with Crippen molar-refractivity contribution < 1.29 is 30.8 Å². The molecule has 1 heterocycles. The van der Waals surface area contributed by atoms with Crippen molar-refractivity contribution in [2.45, 2.75) is 25.8 Å². The lowest BCUT2D eigenvalue weighted by molar-refractivity contribution is -0.137. The highest BCUT2D eigenvalue weighted by molar-refractivity contribution is 5.55. The molecule has 2 aromatic rings. The maximum atomic E-state index is 13.1. The van der Waals surface area contributed by atoms with Crippen LogP contribution in [0, 0.1) is 11.3 Å². The molecule has 1 aromatic carbocycles. The molecule has 0 saturated heterocycles. The van der Waals surface area contributed by atoms with Gasteiger partial charge in [0.1, 0.15) is 18.1 Å². The summed E-state index contributed by atoms with van der Waals surface area (Å²) in [5, 5.41) is 8.82. The average molecular weight is 388 g/mol. The van der Waals surface area contributed by atoms with Gasteiger partial charge in [-0.2, -0.15) is 31.6 Å². The lowest BCUT2D eigenvalue weighted by Gasteiger charge is -2.26. The Morgan fingerprint density at radius 3 is 2.37 bits per heavy atom. The van der Waals surface area contributed by atoms with E-state index in [1.54, 1.807) is 25.1 Å². The van der Waals surface area contributed by atoms with Crippen LogP contribution < -0.4 is 4.90 Å². The lowest BCUT2D eigenvalue weighted by atomic mass is 10.1. The lowest BCUT2D eigenvalue weighted by Crippen LogP contribution is -2.34. The Hall–Kier alpha value is -2.89. The SMILES string of the molecule is C/C=C/c1ccc(CN(CC(F)(F)F)c2ccc(C#N)c(C(F)(F)F)c2)o1. The van der Waals surface area contributed by atoms with Gasteiger partial charge in [-0.25, -0.2) is 0 Å². The molecule has 0 atom stereocenters. The zero-order valence-electron chi connectivity index (χ0n) is 14.0. The zero-order chi connectivity index (χ0) is 20.2. The van der Waals surface area contributed by atoms with Gasteiger partial charge in [0.15, 0.2) is 0 Å². The molecule has 9 heteroatoms. The Kier molecular flexibility index (Phi) is 5.88. The van der Waals surface area contributed by atoms with Crippen molar-refractivity contribution in [3.8, 4) is 6.07 Å². The van der Waals surface area contributed by atoms with Crippen LogP contribution in [0.2, 0.25) is 0 Å². The Morgan fingerprint density at radius 1 is 1.11 bits per heavy atom. The molecule has 144 valence electrons. The summed E-state index contributed by atoms with van der Waals surface area (Å²) in [6, 6.07) is 6.84. The molecule has 27 heavy (non-hydrogen) atoms. The van der Waals surface area contributed by atoms with Gasteiger partial charge in [-0.3, -0.25) is 0 Å². The predicted octanol–water partition coefficient (Wildman–Crippen LogP) is 5.77.